The van der Waals surface area contributed by atoms with Gasteiger partial charge in [-0.2, -0.15) is 9.61 Å². The summed E-state index contributed by atoms with van der Waals surface area (Å²) >= 11 is 1.63. The number of aryl methyl sites for hydroxylation is 2. The van der Waals surface area contributed by atoms with Crippen LogP contribution in [-0.2, 0) is 31.8 Å². The number of fused-ring (bicyclic) bond motifs is 1. The van der Waals surface area contributed by atoms with Crippen LogP contribution in [0.2, 0.25) is 0 Å². The van der Waals surface area contributed by atoms with Crippen LogP contribution in [0.15, 0.2) is 61.8 Å². The summed E-state index contributed by atoms with van der Waals surface area (Å²) in [5.41, 5.74) is 4.45. The molecule has 0 amide bonds. The second kappa shape index (κ2) is 15.1. The third-order valence-electron chi connectivity index (χ3n) is 8.49. The molecule has 4 heterocycles. The molecule has 5 rings (SSSR count). The minimum absolute atomic E-state index is 0.243. The average Bonchev–Trinajstić information content (AvgIpc) is 3.68. The fraction of sp³-hybridized carbons (Fsp3) is 0.474. The molecule has 256 valence electrons. The van der Waals surface area contributed by atoms with Crippen LogP contribution in [0, 0.1) is 6.92 Å². The van der Waals surface area contributed by atoms with E-state index in [-0.39, 0.29) is 12.2 Å². The molecule has 4 aromatic rings. The highest BCUT2D eigenvalue weighted by Gasteiger charge is 2.38. The van der Waals surface area contributed by atoms with Crippen molar-refractivity contribution in [2.75, 3.05) is 31.2 Å². The Bertz CT molecular complexity index is 1750. The van der Waals surface area contributed by atoms with Crippen molar-refractivity contribution in [3.05, 3.63) is 89.1 Å². The van der Waals surface area contributed by atoms with Crippen molar-refractivity contribution in [2.24, 2.45) is 0 Å². The molecule has 9 nitrogen and oxygen atoms in total. The monoisotopic (exact) mass is 671 g/mol. The van der Waals surface area contributed by atoms with Crippen molar-refractivity contribution in [1.29, 1.82) is 0 Å². The lowest BCUT2D eigenvalue weighted by Crippen LogP contribution is -2.45. The zero-order chi connectivity index (χ0) is 34.5. The second-order valence-corrected chi connectivity index (χ2v) is 14.7. The van der Waals surface area contributed by atoms with E-state index in [4.69, 9.17) is 29.3 Å². The van der Waals surface area contributed by atoms with Gasteiger partial charge in [0.2, 0.25) is 0 Å². The Morgan fingerprint density at radius 2 is 1.90 bits per heavy atom. The molecule has 1 aliphatic heterocycles. The number of rotatable bonds is 14. The molecule has 0 radical (unpaired) electrons. The third-order valence-corrected chi connectivity index (χ3v) is 9.51. The molecule has 48 heavy (non-hydrogen) atoms. The van der Waals surface area contributed by atoms with Crippen LogP contribution in [0.3, 0.4) is 0 Å². The summed E-state index contributed by atoms with van der Waals surface area (Å²) in [6.07, 6.45) is 9.04. The summed E-state index contributed by atoms with van der Waals surface area (Å²) in [6, 6.07) is 10.7. The molecule has 0 spiro atoms. The molecule has 10 heteroatoms. The highest BCUT2D eigenvalue weighted by atomic mass is 32.1. The Morgan fingerprint density at radius 1 is 1.15 bits per heavy atom. The molecule has 1 saturated heterocycles. The smallest absolute Gasteiger partial charge is 0.340 e. The summed E-state index contributed by atoms with van der Waals surface area (Å²) < 4.78 is 20.0. The van der Waals surface area contributed by atoms with Crippen LogP contribution in [0.25, 0.3) is 16.3 Å². The van der Waals surface area contributed by atoms with E-state index in [0.717, 1.165) is 53.5 Å². The number of thiazole rings is 1. The lowest BCUT2D eigenvalue weighted by atomic mass is 9.92. The van der Waals surface area contributed by atoms with Crippen molar-refractivity contribution < 1.29 is 19.0 Å². The van der Waals surface area contributed by atoms with Gasteiger partial charge >= 0.3 is 5.97 Å². The van der Waals surface area contributed by atoms with Crippen LogP contribution in [0.4, 0.5) is 5.82 Å². The number of hydrogen-bond donors (Lipinski definition) is 0. The van der Waals surface area contributed by atoms with Crippen molar-refractivity contribution in [1.82, 2.24) is 19.6 Å². The SMILES string of the molecule is C=CCCc1cccc(Cc2cnc(-c3cc4nc(C)c([C@H](OC(C)(C)C)C(=O)OCC)c(N5CCC(C)(OCC=C)CC5)n4n3)s2)c1. The molecule has 0 aliphatic carbocycles. The minimum Gasteiger partial charge on any atom is -0.464 e. The number of anilines is 1. The fourth-order valence-electron chi connectivity index (χ4n) is 6.10. The molecule has 1 fully saturated rings. The Labute approximate surface area is 288 Å². The van der Waals surface area contributed by atoms with Gasteiger partial charge in [0.15, 0.2) is 11.8 Å². The summed E-state index contributed by atoms with van der Waals surface area (Å²) in [5, 5.41) is 5.92. The lowest BCUT2D eigenvalue weighted by molar-refractivity contribution is -0.166. The maximum absolute atomic E-state index is 13.6. The number of piperidine rings is 1. The number of ether oxygens (including phenoxy) is 3. The normalized spacial score (nSPS) is 15.4. The van der Waals surface area contributed by atoms with Gasteiger partial charge in [0.25, 0.3) is 0 Å². The first-order valence-corrected chi connectivity index (χ1v) is 17.6. The van der Waals surface area contributed by atoms with E-state index in [1.54, 1.807) is 24.3 Å². The van der Waals surface area contributed by atoms with Crippen molar-refractivity contribution in [3.8, 4) is 10.7 Å². The molecule has 0 N–H and O–H groups in total. The molecule has 3 aromatic heterocycles. The molecular weight excluding hydrogens is 623 g/mol. The number of esters is 1. The second-order valence-electron chi connectivity index (χ2n) is 13.6. The van der Waals surface area contributed by atoms with Gasteiger partial charge in [-0.3, -0.25) is 0 Å². The molecule has 1 aliphatic rings. The van der Waals surface area contributed by atoms with Gasteiger partial charge in [-0.05, 0) is 78.4 Å². The Balaban J connectivity index is 1.55. The Morgan fingerprint density at radius 3 is 2.58 bits per heavy atom. The van der Waals surface area contributed by atoms with Crippen molar-refractivity contribution >= 4 is 28.8 Å². The van der Waals surface area contributed by atoms with Crippen LogP contribution in [0.5, 0.6) is 0 Å². The van der Waals surface area contributed by atoms with Gasteiger partial charge in [-0.15, -0.1) is 24.5 Å². The van der Waals surface area contributed by atoms with E-state index in [9.17, 15) is 4.79 Å². The minimum atomic E-state index is -0.983. The maximum Gasteiger partial charge on any atom is 0.340 e. The van der Waals surface area contributed by atoms with Gasteiger partial charge in [0.1, 0.15) is 16.5 Å². The number of nitrogens with zero attached hydrogens (tertiary/aromatic N) is 5. The van der Waals surface area contributed by atoms with Gasteiger partial charge in [0.05, 0.1) is 30.0 Å². The maximum atomic E-state index is 13.6. The molecule has 1 aromatic carbocycles. The predicted octanol–water partition coefficient (Wildman–Crippen LogP) is 7.85. The third kappa shape index (κ3) is 8.40. The van der Waals surface area contributed by atoms with Gasteiger partial charge in [0, 0.05) is 42.3 Å². The number of allylic oxidation sites excluding steroid dienone is 1. The van der Waals surface area contributed by atoms with E-state index < -0.39 is 17.7 Å². The van der Waals surface area contributed by atoms with Gasteiger partial charge in [-0.1, -0.05) is 36.4 Å². The first-order valence-electron chi connectivity index (χ1n) is 16.8. The molecule has 0 bridgehead atoms. The standard InChI is InChI=1S/C38H49N5O4S/c1-9-12-14-27-15-13-16-28(22-27)23-29-25-39-34(48-29)30-24-31-40-26(4)32(33(36(44)45-11-3)47-37(5,6)7)35(43(31)41-30)42-19-17-38(8,18-20-42)46-21-10-2/h9-10,13,15-16,22,24-25,33H,1-2,11-12,14,17-21,23H2,3-8H3/t33-/m0/s1. The van der Waals surface area contributed by atoms with E-state index in [2.05, 4.69) is 49.2 Å². The quantitative estimate of drug-likeness (QED) is 0.0989. The molecular formula is C38H49N5O4S. The molecule has 0 saturated carbocycles. The van der Waals surface area contributed by atoms with E-state index >= 15 is 0 Å². The Kier molecular flexibility index (Phi) is 11.2. The van der Waals surface area contributed by atoms with Crippen LogP contribution in [0.1, 0.15) is 87.2 Å². The van der Waals surface area contributed by atoms with Gasteiger partial charge in [-0.25, -0.2) is 14.8 Å². The van der Waals surface area contributed by atoms with Crippen molar-refractivity contribution in [3.63, 3.8) is 0 Å². The van der Waals surface area contributed by atoms with E-state index in [1.165, 1.54) is 11.1 Å². The van der Waals surface area contributed by atoms with E-state index in [0.29, 0.717) is 36.6 Å². The zero-order valence-corrected chi connectivity index (χ0v) is 30.1. The van der Waals surface area contributed by atoms with Crippen LogP contribution < -0.4 is 4.90 Å². The average molecular weight is 672 g/mol. The number of carbonyl (C=O) groups excluding carboxylic acids is 1. The number of benzene rings is 1. The van der Waals surface area contributed by atoms with Crippen LogP contribution in [-0.4, -0.2) is 63.1 Å². The van der Waals surface area contributed by atoms with Crippen molar-refractivity contribution in [2.45, 2.75) is 91.0 Å². The summed E-state index contributed by atoms with van der Waals surface area (Å²) in [7, 11) is 0. The summed E-state index contributed by atoms with van der Waals surface area (Å²) in [4.78, 5) is 26.7. The number of aromatic nitrogens is 4. The zero-order valence-electron chi connectivity index (χ0n) is 29.3. The molecule has 1 atom stereocenters. The molecule has 0 unspecified atom stereocenters. The first-order chi connectivity index (χ1) is 22.9. The highest BCUT2D eigenvalue weighted by molar-refractivity contribution is 7.15. The summed E-state index contributed by atoms with van der Waals surface area (Å²) in [6.45, 7) is 21.5. The largest absolute Gasteiger partial charge is 0.464 e. The Hall–Kier alpha value is -3.86. The topological polar surface area (TPSA) is 91.1 Å². The fourth-order valence-corrected chi connectivity index (χ4v) is 7.00. The lowest BCUT2D eigenvalue weighted by Gasteiger charge is -2.41. The van der Waals surface area contributed by atoms with Gasteiger partial charge < -0.3 is 19.1 Å². The summed E-state index contributed by atoms with van der Waals surface area (Å²) in [5.74, 6) is 0.338. The first kappa shape index (κ1) is 35.4. The number of carbonyl (C=O) groups is 1. The number of hydrogen-bond acceptors (Lipinski definition) is 9. The van der Waals surface area contributed by atoms with Crippen LogP contribution >= 0.6 is 11.3 Å². The highest BCUT2D eigenvalue weighted by Crippen LogP contribution is 2.39. The predicted molar refractivity (Wildman–Crippen MR) is 193 cm³/mol. The van der Waals surface area contributed by atoms with E-state index in [1.807, 2.05) is 50.5 Å².